The number of piperidine rings is 1. The Morgan fingerprint density at radius 2 is 2.46 bits per heavy atom. The second-order valence-corrected chi connectivity index (χ2v) is 3.34. The van der Waals surface area contributed by atoms with Crippen molar-refractivity contribution < 1.29 is 9.18 Å². The maximum Gasteiger partial charge on any atom is 0.236 e. The van der Waals surface area contributed by atoms with Gasteiger partial charge in [-0.2, -0.15) is 5.26 Å². The second kappa shape index (κ2) is 4.80. The van der Waals surface area contributed by atoms with E-state index in [-0.39, 0.29) is 24.9 Å². The summed E-state index contributed by atoms with van der Waals surface area (Å²) in [4.78, 5) is 12.8. The van der Waals surface area contributed by atoms with Gasteiger partial charge in [-0.15, -0.1) is 0 Å². The number of amides is 1. The van der Waals surface area contributed by atoms with E-state index < -0.39 is 0 Å². The van der Waals surface area contributed by atoms with E-state index in [0.717, 1.165) is 12.8 Å². The highest BCUT2D eigenvalue weighted by molar-refractivity contribution is 5.78. The van der Waals surface area contributed by atoms with Crippen molar-refractivity contribution in [3.63, 3.8) is 0 Å². The highest BCUT2D eigenvalue weighted by Gasteiger charge is 2.22. The van der Waals surface area contributed by atoms with Crippen LogP contribution < -0.4 is 0 Å². The van der Waals surface area contributed by atoms with E-state index in [1.807, 2.05) is 6.07 Å². The summed E-state index contributed by atoms with van der Waals surface area (Å²) in [5, 5.41) is 8.32. The van der Waals surface area contributed by atoms with E-state index in [1.54, 1.807) is 4.90 Å². The molecule has 1 saturated heterocycles. The van der Waals surface area contributed by atoms with Crippen LogP contribution in [0.1, 0.15) is 19.3 Å². The van der Waals surface area contributed by atoms with Crippen molar-refractivity contribution in [3.8, 4) is 6.07 Å². The van der Waals surface area contributed by atoms with E-state index in [4.69, 9.17) is 5.26 Å². The van der Waals surface area contributed by atoms with Gasteiger partial charge in [-0.25, -0.2) is 0 Å². The number of carbonyl (C=O) groups is 1. The molecular formula is C9H13FN2O. The Balaban J connectivity index is 2.42. The summed E-state index contributed by atoms with van der Waals surface area (Å²) in [5.41, 5.74) is 0. The molecule has 0 bridgehead atoms. The predicted molar refractivity (Wildman–Crippen MR) is 45.5 cm³/mol. The van der Waals surface area contributed by atoms with Crippen molar-refractivity contribution in [2.24, 2.45) is 5.92 Å². The molecule has 1 fully saturated rings. The highest BCUT2D eigenvalue weighted by Crippen LogP contribution is 2.17. The molecule has 0 aliphatic carbocycles. The van der Waals surface area contributed by atoms with Crippen molar-refractivity contribution in [1.82, 2.24) is 4.90 Å². The minimum atomic E-state index is -0.365. The number of halogens is 1. The Bertz CT molecular complexity index is 224. The van der Waals surface area contributed by atoms with Crippen LogP contribution in [-0.4, -0.2) is 30.6 Å². The van der Waals surface area contributed by atoms with Crippen LogP contribution >= 0.6 is 0 Å². The Labute approximate surface area is 77.1 Å². The van der Waals surface area contributed by atoms with Gasteiger partial charge in [0.2, 0.25) is 5.91 Å². The van der Waals surface area contributed by atoms with Crippen LogP contribution in [0.15, 0.2) is 0 Å². The van der Waals surface area contributed by atoms with E-state index in [9.17, 15) is 9.18 Å². The molecule has 0 aromatic rings. The zero-order valence-corrected chi connectivity index (χ0v) is 7.50. The first-order valence-corrected chi connectivity index (χ1v) is 4.48. The van der Waals surface area contributed by atoms with Gasteiger partial charge in [0.1, 0.15) is 6.42 Å². The van der Waals surface area contributed by atoms with E-state index in [2.05, 4.69) is 0 Å². The zero-order valence-electron chi connectivity index (χ0n) is 7.50. The third-order valence-corrected chi connectivity index (χ3v) is 2.32. The van der Waals surface area contributed by atoms with Crippen molar-refractivity contribution in [1.29, 1.82) is 5.26 Å². The fraction of sp³-hybridized carbons (Fsp3) is 0.778. The topological polar surface area (TPSA) is 44.1 Å². The lowest BCUT2D eigenvalue weighted by Crippen LogP contribution is -2.40. The van der Waals surface area contributed by atoms with Crippen LogP contribution in [0.5, 0.6) is 0 Å². The molecule has 1 atom stereocenters. The summed E-state index contributed by atoms with van der Waals surface area (Å²) in [7, 11) is 0. The quantitative estimate of drug-likeness (QED) is 0.645. The summed E-state index contributed by atoms with van der Waals surface area (Å²) >= 11 is 0. The highest BCUT2D eigenvalue weighted by atomic mass is 19.1. The monoisotopic (exact) mass is 184 g/mol. The minimum Gasteiger partial charge on any atom is -0.341 e. The molecule has 1 heterocycles. The van der Waals surface area contributed by atoms with Gasteiger partial charge in [-0.05, 0) is 12.8 Å². The van der Waals surface area contributed by atoms with Gasteiger partial charge >= 0.3 is 0 Å². The third kappa shape index (κ3) is 2.69. The molecule has 0 saturated carbocycles. The maximum absolute atomic E-state index is 12.3. The molecule has 0 N–H and O–H groups in total. The van der Waals surface area contributed by atoms with Crippen molar-refractivity contribution in [2.45, 2.75) is 19.3 Å². The molecule has 0 radical (unpaired) electrons. The first-order chi connectivity index (χ1) is 6.27. The molecule has 4 heteroatoms. The minimum absolute atomic E-state index is 0.0172. The Kier molecular flexibility index (Phi) is 3.69. The average Bonchev–Trinajstić information content (AvgIpc) is 2.18. The van der Waals surface area contributed by atoms with Gasteiger partial charge in [-0.3, -0.25) is 9.18 Å². The number of nitrogens with zero attached hydrogens (tertiary/aromatic N) is 2. The summed E-state index contributed by atoms with van der Waals surface area (Å²) in [6.45, 7) is 0.796. The number of rotatable bonds is 2. The molecule has 0 spiro atoms. The lowest BCUT2D eigenvalue weighted by Gasteiger charge is -2.30. The van der Waals surface area contributed by atoms with Gasteiger partial charge in [0.05, 0.1) is 12.7 Å². The van der Waals surface area contributed by atoms with Gasteiger partial charge < -0.3 is 4.90 Å². The van der Waals surface area contributed by atoms with Gasteiger partial charge in [0.15, 0.2) is 0 Å². The first-order valence-electron chi connectivity index (χ1n) is 4.48. The van der Waals surface area contributed by atoms with E-state index in [1.165, 1.54) is 0 Å². The van der Waals surface area contributed by atoms with Crippen LogP contribution in [0.2, 0.25) is 0 Å². The number of alkyl halides is 1. The van der Waals surface area contributed by atoms with Crippen molar-refractivity contribution in [2.75, 3.05) is 19.8 Å². The average molecular weight is 184 g/mol. The zero-order chi connectivity index (χ0) is 9.68. The molecule has 1 amide bonds. The fourth-order valence-electron chi connectivity index (χ4n) is 1.60. The van der Waals surface area contributed by atoms with Gasteiger partial charge in [0, 0.05) is 19.0 Å². The summed E-state index contributed by atoms with van der Waals surface area (Å²) in [6.07, 6.45) is 1.62. The maximum atomic E-state index is 12.3. The number of hydrogen-bond acceptors (Lipinski definition) is 2. The molecular weight excluding hydrogens is 171 g/mol. The smallest absolute Gasteiger partial charge is 0.236 e. The number of carbonyl (C=O) groups excluding carboxylic acids is 1. The normalized spacial score (nSPS) is 22.5. The van der Waals surface area contributed by atoms with Crippen LogP contribution in [-0.2, 0) is 4.79 Å². The molecule has 0 aromatic heterocycles. The SMILES string of the molecule is N#CCC(=O)N1CCCC(CF)C1. The molecule has 1 aliphatic heterocycles. The molecule has 1 aliphatic rings. The van der Waals surface area contributed by atoms with Crippen molar-refractivity contribution >= 4 is 5.91 Å². The van der Waals surface area contributed by atoms with Gasteiger partial charge in [0.25, 0.3) is 0 Å². The van der Waals surface area contributed by atoms with E-state index >= 15 is 0 Å². The molecule has 72 valence electrons. The van der Waals surface area contributed by atoms with Crippen LogP contribution in [0.25, 0.3) is 0 Å². The predicted octanol–water partition coefficient (Wildman–Crippen LogP) is 1.11. The Morgan fingerprint density at radius 3 is 3.08 bits per heavy atom. The second-order valence-electron chi connectivity index (χ2n) is 3.34. The third-order valence-electron chi connectivity index (χ3n) is 2.32. The first kappa shape index (κ1) is 9.97. The van der Waals surface area contributed by atoms with Crippen LogP contribution in [0.3, 0.4) is 0 Å². The number of nitriles is 1. The summed E-state index contributed by atoms with van der Waals surface area (Å²) in [6, 6.07) is 1.81. The van der Waals surface area contributed by atoms with Crippen LogP contribution in [0, 0.1) is 17.2 Å². The Morgan fingerprint density at radius 1 is 1.69 bits per heavy atom. The molecule has 1 unspecified atom stereocenters. The van der Waals surface area contributed by atoms with E-state index in [0.29, 0.717) is 13.1 Å². The van der Waals surface area contributed by atoms with Gasteiger partial charge in [-0.1, -0.05) is 0 Å². The standard InChI is InChI=1S/C9H13FN2O/c10-6-8-2-1-5-12(7-8)9(13)3-4-11/h8H,1-3,5-7H2. The molecule has 1 rings (SSSR count). The number of hydrogen-bond donors (Lipinski definition) is 0. The Hall–Kier alpha value is -1.11. The summed E-state index contributed by atoms with van der Waals surface area (Å²) < 4.78 is 12.3. The summed E-state index contributed by atoms with van der Waals surface area (Å²) in [5.74, 6) is -0.183. The molecule has 13 heavy (non-hydrogen) atoms. The molecule has 3 nitrogen and oxygen atoms in total. The fourth-order valence-corrected chi connectivity index (χ4v) is 1.60. The lowest BCUT2D eigenvalue weighted by atomic mass is 9.99. The van der Waals surface area contributed by atoms with Crippen molar-refractivity contribution in [3.05, 3.63) is 0 Å². The van der Waals surface area contributed by atoms with Crippen LogP contribution in [0.4, 0.5) is 4.39 Å². The molecule has 0 aromatic carbocycles. The lowest BCUT2D eigenvalue weighted by molar-refractivity contribution is -0.132. The number of likely N-dealkylation sites (tertiary alicyclic amines) is 1. The largest absolute Gasteiger partial charge is 0.341 e.